The third-order valence-corrected chi connectivity index (χ3v) is 2.73. The predicted octanol–water partition coefficient (Wildman–Crippen LogP) is 3.48. The Bertz CT molecular complexity index is 538. The summed E-state index contributed by atoms with van der Waals surface area (Å²) in [4.78, 5) is 0. The van der Waals surface area contributed by atoms with Crippen molar-refractivity contribution < 1.29 is 4.39 Å². The molecule has 0 saturated heterocycles. The Morgan fingerprint density at radius 2 is 1.65 bits per heavy atom. The largest absolute Gasteiger partial charge is 0.207 e. The summed E-state index contributed by atoms with van der Waals surface area (Å²) in [5, 5.41) is 8.95. The molecule has 2 aromatic rings. The number of halogens is 1. The van der Waals surface area contributed by atoms with E-state index in [0.717, 1.165) is 29.5 Å². The quantitative estimate of drug-likeness (QED) is 0.784. The lowest BCUT2D eigenvalue weighted by molar-refractivity contribution is 0.627. The fourth-order valence-corrected chi connectivity index (χ4v) is 1.78. The Kier molecular flexibility index (Phi) is 3.52. The van der Waals surface area contributed by atoms with Crippen molar-refractivity contribution in [1.29, 1.82) is 5.26 Å². The van der Waals surface area contributed by atoms with Gasteiger partial charge in [0.2, 0.25) is 0 Å². The summed E-state index contributed by atoms with van der Waals surface area (Å²) in [7, 11) is 0. The van der Waals surface area contributed by atoms with Gasteiger partial charge < -0.3 is 0 Å². The van der Waals surface area contributed by atoms with E-state index in [1.54, 1.807) is 12.1 Å². The molecule has 2 heteroatoms. The summed E-state index contributed by atoms with van der Waals surface area (Å²) >= 11 is 0. The zero-order valence-electron chi connectivity index (χ0n) is 9.36. The van der Waals surface area contributed by atoms with Crippen LogP contribution in [0.25, 0.3) is 0 Å². The molecular weight excluding hydrogens is 213 g/mol. The normalized spacial score (nSPS) is 9.88. The number of benzene rings is 2. The Hall–Kier alpha value is -2.14. The molecule has 0 amide bonds. The Labute approximate surface area is 100 Å². The lowest BCUT2D eigenvalue weighted by atomic mass is 10.0. The van der Waals surface area contributed by atoms with Crippen LogP contribution in [0.3, 0.4) is 0 Å². The van der Waals surface area contributed by atoms with Gasteiger partial charge in [-0.05, 0) is 42.2 Å². The first-order chi connectivity index (χ1) is 8.29. The summed E-state index contributed by atoms with van der Waals surface area (Å²) in [5.74, 6) is -0.217. The molecule has 0 atom stereocenters. The van der Waals surface area contributed by atoms with E-state index in [0.29, 0.717) is 0 Å². The molecule has 0 N–H and O–H groups in total. The fraction of sp³-hybridized carbons (Fsp3) is 0.133. The summed E-state index contributed by atoms with van der Waals surface area (Å²) in [6, 6.07) is 16.2. The molecule has 0 radical (unpaired) electrons. The highest BCUT2D eigenvalue weighted by molar-refractivity contribution is 5.37. The van der Waals surface area contributed by atoms with Gasteiger partial charge in [0.1, 0.15) is 5.82 Å². The van der Waals surface area contributed by atoms with Crippen LogP contribution >= 0.6 is 0 Å². The minimum absolute atomic E-state index is 0.217. The van der Waals surface area contributed by atoms with E-state index in [9.17, 15) is 4.39 Å². The molecule has 2 aromatic carbocycles. The van der Waals surface area contributed by atoms with Crippen molar-refractivity contribution in [3.05, 3.63) is 71.0 Å². The molecule has 0 aliphatic rings. The van der Waals surface area contributed by atoms with Crippen molar-refractivity contribution in [1.82, 2.24) is 0 Å². The van der Waals surface area contributed by atoms with Crippen LogP contribution in [0.2, 0.25) is 0 Å². The lowest BCUT2D eigenvalue weighted by Crippen LogP contribution is -1.94. The van der Waals surface area contributed by atoms with Gasteiger partial charge in [-0.2, -0.15) is 5.26 Å². The fourth-order valence-electron chi connectivity index (χ4n) is 1.78. The van der Waals surface area contributed by atoms with Crippen LogP contribution in [0.15, 0.2) is 48.5 Å². The predicted molar refractivity (Wildman–Crippen MR) is 65.0 cm³/mol. The molecule has 0 aliphatic carbocycles. The molecule has 0 bridgehead atoms. The number of hydrogen-bond donors (Lipinski definition) is 0. The van der Waals surface area contributed by atoms with Gasteiger partial charge in [0, 0.05) is 0 Å². The van der Waals surface area contributed by atoms with Crippen molar-refractivity contribution >= 4 is 0 Å². The summed E-state index contributed by atoms with van der Waals surface area (Å²) < 4.78 is 12.7. The van der Waals surface area contributed by atoms with Gasteiger partial charge in [-0.1, -0.05) is 30.3 Å². The highest BCUT2D eigenvalue weighted by Crippen LogP contribution is 2.12. The Morgan fingerprint density at radius 1 is 0.941 bits per heavy atom. The first-order valence-electron chi connectivity index (χ1n) is 5.52. The summed E-state index contributed by atoms with van der Waals surface area (Å²) in [5.41, 5.74) is 2.84. The van der Waals surface area contributed by atoms with E-state index in [1.165, 1.54) is 12.1 Å². The SMILES string of the molecule is N#Cc1ccccc1CCc1ccc(F)cc1. The van der Waals surface area contributed by atoms with Crippen LogP contribution in [0, 0.1) is 17.1 Å². The second-order valence-electron chi connectivity index (χ2n) is 3.90. The topological polar surface area (TPSA) is 23.8 Å². The van der Waals surface area contributed by atoms with Crippen LogP contribution in [-0.2, 0) is 12.8 Å². The molecule has 1 nitrogen and oxygen atoms in total. The molecule has 0 fully saturated rings. The first-order valence-corrected chi connectivity index (χ1v) is 5.52. The van der Waals surface area contributed by atoms with Gasteiger partial charge in [-0.25, -0.2) is 4.39 Å². The molecule has 0 heterocycles. The average molecular weight is 225 g/mol. The van der Waals surface area contributed by atoms with Crippen molar-refractivity contribution in [2.75, 3.05) is 0 Å². The molecule has 84 valence electrons. The van der Waals surface area contributed by atoms with Crippen molar-refractivity contribution in [2.45, 2.75) is 12.8 Å². The average Bonchev–Trinajstić information content (AvgIpc) is 2.38. The second-order valence-corrected chi connectivity index (χ2v) is 3.90. The molecule has 0 saturated carbocycles. The molecule has 17 heavy (non-hydrogen) atoms. The maximum Gasteiger partial charge on any atom is 0.123 e. The van der Waals surface area contributed by atoms with E-state index in [1.807, 2.05) is 24.3 Å². The highest BCUT2D eigenvalue weighted by Gasteiger charge is 2.01. The third-order valence-electron chi connectivity index (χ3n) is 2.73. The van der Waals surface area contributed by atoms with Crippen molar-refractivity contribution in [3.63, 3.8) is 0 Å². The van der Waals surface area contributed by atoms with Crippen LogP contribution in [0.4, 0.5) is 4.39 Å². The smallest absolute Gasteiger partial charge is 0.123 e. The second kappa shape index (κ2) is 5.27. The molecule has 0 spiro atoms. The van der Waals surface area contributed by atoms with E-state index >= 15 is 0 Å². The number of rotatable bonds is 3. The minimum atomic E-state index is -0.217. The highest BCUT2D eigenvalue weighted by atomic mass is 19.1. The maximum absolute atomic E-state index is 12.7. The number of nitriles is 1. The molecule has 0 unspecified atom stereocenters. The monoisotopic (exact) mass is 225 g/mol. The van der Waals surface area contributed by atoms with Crippen molar-refractivity contribution in [2.24, 2.45) is 0 Å². The molecule has 2 rings (SSSR count). The van der Waals surface area contributed by atoms with Gasteiger partial charge in [0.25, 0.3) is 0 Å². The lowest BCUT2D eigenvalue weighted by Gasteiger charge is -2.04. The van der Waals surface area contributed by atoms with Crippen LogP contribution in [-0.4, -0.2) is 0 Å². The zero-order chi connectivity index (χ0) is 12.1. The van der Waals surface area contributed by atoms with Gasteiger partial charge in [0.15, 0.2) is 0 Å². The van der Waals surface area contributed by atoms with E-state index in [-0.39, 0.29) is 5.82 Å². The maximum atomic E-state index is 12.7. The molecule has 0 aliphatic heterocycles. The van der Waals surface area contributed by atoms with Crippen LogP contribution in [0.1, 0.15) is 16.7 Å². The summed E-state index contributed by atoms with van der Waals surface area (Å²) in [6.07, 6.45) is 1.62. The van der Waals surface area contributed by atoms with Gasteiger partial charge in [-0.3, -0.25) is 0 Å². The van der Waals surface area contributed by atoms with Crippen LogP contribution in [0.5, 0.6) is 0 Å². The number of nitrogens with zero attached hydrogens (tertiary/aromatic N) is 1. The van der Waals surface area contributed by atoms with Crippen molar-refractivity contribution in [3.8, 4) is 6.07 Å². The van der Waals surface area contributed by atoms with Gasteiger partial charge in [0.05, 0.1) is 11.6 Å². The van der Waals surface area contributed by atoms with Crippen LogP contribution < -0.4 is 0 Å². The molecule has 0 aromatic heterocycles. The number of hydrogen-bond acceptors (Lipinski definition) is 1. The van der Waals surface area contributed by atoms with E-state index < -0.39 is 0 Å². The minimum Gasteiger partial charge on any atom is -0.207 e. The number of aryl methyl sites for hydroxylation is 2. The Balaban J connectivity index is 2.08. The Morgan fingerprint density at radius 3 is 2.35 bits per heavy atom. The molecular formula is C15H12FN. The first kappa shape index (κ1) is 11.3. The van der Waals surface area contributed by atoms with E-state index in [4.69, 9.17) is 5.26 Å². The zero-order valence-corrected chi connectivity index (χ0v) is 9.36. The summed E-state index contributed by atoms with van der Waals surface area (Å²) in [6.45, 7) is 0. The third kappa shape index (κ3) is 2.92. The van der Waals surface area contributed by atoms with Gasteiger partial charge >= 0.3 is 0 Å². The standard InChI is InChI=1S/C15H12FN/c16-15-9-6-12(7-10-15)5-8-13-3-1-2-4-14(13)11-17/h1-4,6-7,9-10H,5,8H2. The van der Waals surface area contributed by atoms with E-state index in [2.05, 4.69) is 6.07 Å². The van der Waals surface area contributed by atoms with Gasteiger partial charge in [-0.15, -0.1) is 0 Å².